The summed E-state index contributed by atoms with van der Waals surface area (Å²) in [5.41, 5.74) is 1.34. The SMILES string of the molecule is CCOC(=O)C(=O)C1CC2(CCC2)c2ccc(OC)cc2C1=O. The largest absolute Gasteiger partial charge is 0.497 e. The van der Waals surface area contributed by atoms with Gasteiger partial charge in [0.05, 0.1) is 19.6 Å². The Balaban J connectivity index is 2.01. The van der Waals surface area contributed by atoms with Gasteiger partial charge in [-0.05, 0) is 49.3 Å². The molecule has 0 heterocycles. The van der Waals surface area contributed by atoms with Gasteiger partial charge in [0.1, 0.15) is 5.75 Å². The molecule has 23 heavy (non-hydrogen) atoms. The van der Waals surface area contributed by atoms with Crippen molar-refractivity contribution in [3.05, 3.63) is 29.3 Å². The van der Waals surface area contributed by atoms with Crippen LogP contribution in [0, 0.1) is 5.92 Å². The summed E-state index contributed by atoms with van der Waals surface area (Å²) in [6, 6.07) is 5.46. The smallest absolute Gasteiger partial charge is 0.375 e. The van der Waals surface area contributed by atoms with Crippen LogP contribution in [-0.4, -0.2) is 31.3 Å². The molecule has 0 saturated heterocycles. The fourth-order valence-corrected chi connectivity index (χ4v) is 3.73. The fourth-order valence-electron chi connectivity index (χ4n) is 3.73. The van der Waals surface area contributed by atoms with E-state index in [1.165, 1.54) is 7.11 Å². The third-order valence-electron chi connectivity index (χ3n) is 5.08. The number of esters is 1. The van der Waals surface area contributed by atoms with E-state index in [1.54, 1.807) is 13.0 Å². The first-order valence-corrected chi connectivity index (χ1v) is 7.96. The summed E-state index contributed by atoms with van der Waals surface area (Å²) in [4.78, 5) is 36.9. The van der Waals surface area contributed by atoms with E-state index in [1.807, 2.05) is 12.1 Å². The van der Waals surface area contributed by atoms with Gasteiger partial charge in [0.25, 0.3) is 5.78 Å². The third kappa shape index (κ3) is 2.44. The maximum Gasteiger partial charge on any atom is 0.375 e. The van der Waals surface area contributed by atoms with Crippen molar-refractivity contribution in [1.82, 2.24) is 0 Å². The molecule has 1 fully saturated rings. The Hall–Kier alpha value is -2.17. The average molecular weight is 316 g/mol. The van der Waals surface area contributed by atoms with Crippen molar-refractivity contribution >= 4 is 17.5 Å². The van der Waals surface area contributed by atoms with E-state index in [4.69, 9.17) is 9.47 Å². The molecule has 122 valence electrons. The first-order chi connectivity index (χ1) is 11.0. The van der Waals surface area contributed by atoms with Crippen LogP contribution < -0.4 is 4.74 Å². The van der Waals surface area contributed by atoms with Gasteiger partial charge in [0, 0.05) is 5.56 Å². The van der Waals surface area contributed by atoms with Gasteiger partial charge in [-0.25, -0.2) is 4.79 Å². The number of carbonyl (C=O) groups excluding carboxylic acids is 3. The molecule has 1 spiro atoms. The number of Topliss-reactive ketones (excluding diaryl/α,β-unsaturated/α-hetero) is 2. The van der Waals surface area contributed by atoms with Gasteiger partial charge < -0.3 is 9.47 Å². The molecule has 0 aliphatic heterocycles. The molecule has 0 radical (unpaired) electrons. The molecule has 0 aromatic heterocycles. The van der Waals surface area contributed by atoms with E-state index in [0.29, 0.717) is 17.7 Å². The van der Waals surface area contributed by atoms with Crippen LogP contribution in [0.1, 0.15) is 48.5 Å². The van der Waals surface area contributed by atoms with Crippen LogP contribution in [0.25, 0.3) is 0 Å². The number of hydrogen-bond donors (Lipinski definition) is 0. The molecule has 0 amide bonds. The highest BCUT2D eigenvalue weighted by Crippen LogP contribution is 2.53. The summed E-state index contributed by atoms with van der Waals surface area (Å²) in [5, 5.41) is 0. The Morgan fingerprint density at radius 2 is 2.04 bits per heavy atom. The minimum absolute atomic E-state index is 0.126. The van der Waals surface area contributed by atoms with Gasteiger partial charge >= 0.3 is 5.97 Å². The first-order valence-electron chi connectivity index (χ1n) is 7.96. The van der Waals surface area contributed by atoms with Crippen molar-refractivity contribution in [3.8, 4) is 5.75 Å². The van der Waals surface area contributed by atoms with Gasteiger partial charge in [0.2, 0.25) is 0 Å². The van der Waals surface area contributed by atoms with Crippen molar-refractivity contribution in [3.63, 3.8) is 0 Å². The quantitative estimate of drug-likeness (QED) is 0.485. The Labute approximate surface area is 135 Å². The predicted molar refractivity (Wildman–Crippen MR) is 82.6 cm³/mol. The second kappa shape index (κ2) is 5.80. The van der Waals surface area contributed by atoms with E-state index >= 15 is 0 Å². The highest BCUT2D eigenvalue weighted by Gasteiger charge is 2.51. The summed E-state index contributed by atoms with van der Waals surface area (Å²) >= 11 is 0. The summed E-state index contributed by atoms with van der Waals surface area (Å²) < 4.78 is 9.99. The Morgan fingerprint density at radius 3 is 2.61 bits per heavy atom. The molecule has 0 bridgehead atoms. The lowest BCUT2D eigenvalue weighted by Crippen LogP contribution is -2.47. The molecule has 1 unspecified atom stereocenters. The van der Waals surface area contributed by atoms with E-state index in [-0.39, 0.29) is 17.8 Å². The average Bonchev–Trinajstić information content (AvgIpc) is 2.53. The lowest BCUT2D eigenvalue weighted by molar-refractivity contribution is -0.155. The number of rotatable bonds is 4. The van der Waals surface area contributed by atoms with Crippen molar-refractivity contribution < 1.29 is 23.9 Å². The lowest BCUT2D eigenvalue weighted by atomic mass is 9.55. The minimum Gasteiger partial charge on any atom is -0.497 e. The molecule has 3 rings (SSSR count). The van der Waals surface area contributed by atoms with Crippen LogP contribution in [-0.2, 0) is 19.7 Å². The van der Waals surface area contributed by atoms with Crippen molar-refractivity contribution in [2.24, 2.45) is 5.92 Å². The van der Waals surface area contributed by atoms with Crippen molar-refractivity contribution in [2.75, 3.05) is 13.7 Å². The lowest BCUT2D eigenvalue weighted by Gasteiger charge is -2.47. The summed E-state index contributed by atoms with van der Waals surface area (Å²) in [5.74, 6) is -2.29. The Morgan fingerprint density at radius 1 is 1.30 bits per heavy atom. The van der Waals surface area contributed by atoms with E-state index < -0.39 is 17.7 Å². The predicted octanol–water partition coefficient (Wildman–Crippen LogP) is 2.45. The molecule has 2 aliphatic carbocycles. The summed E-state index contributed by atoms with van der Waals surface area (Å²) in [6.45, 7) is 1.77. The molecular weight excluding hydrogens is 296 g/mol. The molecule has 0 N–H and O–H groups in total. The number of fused-ring (bicyclic) bond motifs is 2. The molecule has 1 saturated carbocycles. The summed E-state index contributed by atoms with van der Waals surface area (Å²) in [6.07, 6.45) is 3.35. The zero-order valence-corrected chi connectivity index (χ0v) is 13.4. The van der Waals surface area contributed by atoms with Crippen LogP contribution in [0.15, 0.2) is 18.2 Å². The number of hydrogen-bond acceptors (Lipinski definition) is 5. The van der Waals surface area contributed by atoms with Crippen LogP contribution in [0.2, 0.25) is 0 Å². The first kappa shape index (κ1) is 15.7. The maximum absolute atomic E-state index is 12.8. The second-order valence-corrected chi connectivity index (χ2v) is 6.25. The van der Waals surface area contributed by atoms with E-state index in [2.05, 4.69) is 0 Å². The van der Waals surface area contributed by atoms with Crippen LogP contribution in [0.5, 0.6) is 5.75 Å². The van der Waals surface area contributed by atoms with Crippen molar-refractivity contribution in [1.29, 1.82) is 0 Å². The van der Waals surface area contributed by atoms with Crippen molar-refractivity contribution in [2.45, 2.75) is 38.0 Å². The highest BCUT2D eigenvalue weighted by atomic mass is 16.5. The van der Waals surface area contributed by atoms with Crippen LogP contribution in [0.4, 0.5) is 0 Å². The Bertz CT molecular complexity index is 672. The van der Waals surface area contributed by atoms with Gasteiger partial charge in [-0.15, -0.1) is 0 Å². The highest BCUT2D eigenvalue weighted by molar-refractivity contribution is 6.39. The number of ether oxygens (including phenoxy) is 2. The molecule has 5 nitrogen and oxygen atoms in total. The van der Waals surface area contributed by atoms with Gasteiger partial charge in [-0.3, -0.25) is 9.59 Å². The molecular formula is C18H20O5. The molecule has 1 aromatic carbocycles. The minimum atomic E-state index is -0.936. The summed E-state index contributed by atoms with van der Waals surface area (Å²) in [7, 11) is 1.54. The molecule has 2 aliphatic rings. The van der Waals surface area contributed by atoms with Crippen LogP contribution in [0.3, 0.4) is 0 Å². The van der Waals surface area contributed by atoms with E-state index in [9.17, 15) is 14.4 Å². The van der Waals surface area contributed by atoms with Gasteiger partial charge in [0.15, 0.2) is 5.78 Å². The fraction of sp³-hybridized carbons (Fsp3) is 0.500. The van der Waals surface area contributed by atoms with Gasteiger partial charge in [-0.2, -0.15) is 0 Å². The van der Waals surface area contributed by atoms with E-state index in [0.717, 1.165) is 24.8 Å². The molecule has 1 aromatic rings. The maximum atomic E-state index is 12.8. The number of benzene rings is 1. The zero-order valence-electron chi connectivity index (χ0n) is 13.4. The monoisotopic (exact) mass is 316 g/mol. The number of ketones is 2. The molecule has 1 atom stereocenters. The zero-order chi connectivity index (χ0) is 16.6. The van der Waals surface area contributed by atoms with Crippen LogP contribution >= 0.6 is 0 Å². The third-order valence-corrected chi connectivity index (χ3v) is 5.08. The standard InChI is InChI=1S/C18H20O5/c1-3-23-17(21)16(20)13-10-18(7-4-8-18)14-6-5-11(22-2)9-12(14)15(13)19/h5-6,9,13H,3-4,7-8,10H2,1-2H3. The topological polar surface area (TPSA) is 69.7 Å². The molecule has 5 heteroatoms. The van der Waals surface area contributed by atoms with Gasteiger partial charge in [-0.1, -0.05) is 12.5 Å². The normalized spacial score (nSPS) is 21.3. The number of carbonyl (C=O) groups is 3. The second-order valence-electron chi connectivity index (χ2n) is 6.25. The Kier molecular flexibility index (Phi) is 3.96. The number of methoxy groups -OCH3 is 1.